The van der Waals surface area contributed by atoms with E-state index >= 15 is 0 Å². The van der Waals surface area contributed by atoms with Crippen LogP contribution in [0.4, 0.5) is 14.6 Å². The largest absolute Gasteiger partial charge is 0.354 e. The Morgan fingerprint density at radius 1 is 1.38 bits per heavy atom. The molecule has 0 spiro atoms. The monoisotopic (exact) mass is 226 g/mol. The average molecular weight is 226 g/mol. The lowest BCUT2D eigenvalue weighted by molar-refractivity contribution is -0.111. The zero-order valence-electron chi connectivity index (χ0n) is 8.70. The fourth-order valence-electron chi connectivity index (χ4n) is 1.89. The Morgan fingerprint density at radius 2 is 2.06 bits per heavy atom. The van der Waals surface area contributed by atoms with Crippen LogP contribution < -0.4 is 4.90 Å². The molecule has 0 saturated carbocycles. The van der Waals surface area contributed by atoms with E-state index in [-0.39, 0.29) is 11.7 Å². The molecule has 1 fully saturated rings. The van der Waals surface area contributed by atoms with Crippen LogP contribution in [-0.4, -0.2) is 24.4 Å². The zero-order chi connectivity index (χ0) is 11.5. The van der Waals surface area contributed by atoms with Gasteiger partial charge in [0.25, 0.3) is 0 Å². The molecule has 0 amide bonds. The smallest absolute Gasteiger partial charge is 0.168 e. The van der Waals surface area contributed by atoms with Crippen molar-refractivity contribution in [3.05, 3.63) is 23.9 Å². The molecule has 0 aromatic carbocycles. The van der Waals surface area contributed by atoms with Gasteiger partial charge in [0.1, 0.15) is 12.1 Å². The third-order valence-electron chi connectivity index (χ3n) is 2.82. The number of nitrogens with zero attached hydrogens (tertiary/aromatic N) is 2. The van der Waals surface area contributed by atoms with Crippen LogP contribution in [-0.2, 0) is 4.79 Å². The Kier molecular flexibility index (Phi) is 3.12. The van der Waals surface area contributed by atoms with Crippen LogP contribution >= 0.6 is 0 Å². The van der Waals surface area contributed by atoms with Gasteiger partial charge in [0.15, 0.2) is 11.6 Å². The van der Waals surface area contributed by atoms with E-state index < -0.39 is 11.6 Å². The van der Waals surface area contributed by atoms with E-state index in [9.17, 15) is 13.6 Å². The molecule has 2 heterocycles. The van der Waals surface area contributed by atoms with Crippen molar-refractivity contribution in [1.82, 2.24) is 4.98 Å². The summed E-state index contributed by atoms with van der Waals surface area (Å²) in [5.74, 6) is -1.10. The van der Waals surface area contributed by atoms with Crippen molar-refractivity contribution in [2.24, 2.45) is 5.92 Å². The number of halogens is 2. The highest BCUT2D eigenvalue weighted by Crippen LogP contribution is 2.23. The fourth-order valence-corrected chi connectivity index (χ4v) is 1.89. The van der Waals surface area contributed by atoms with E-state index in [0.717, 1.165) is 18.5 Å². The molecular formula is C11H12F2N2O. The molecule has 1 aromatic heterocycles. The molecule has 5 heteroatoms. The molecule has 16 heavy (non-hydrogen) atoms. The van der Waals surface area contributed by atoms with Gasteiger partial charge in [0.05, 0.1) is 6.20 Å². The van der Waals surface area contributed by atoms with Crippen LogP contribution in [0.25, 0.3) is 0 Å². The van der Waals surface area contributed by atoms with Gasteiger partial charge >= 0.3 is 0 Å². The lowest BCUT2D eigenvalue weighted by Gasteiger charge is -2.30. The lowest BCUT2D eigenvalue weighted by atomic mass is 9.99. The maximum absolute atomic E-state index is 13.4. The van der Waals surface area contributed by atoms with Gasteiger partial charge in [-0.3, -0.25) is 0 Å². The summed E-state index contributed by atoms with van der Waals surface area (Å²) >= 11 is 0. The minimum Gasteiger partial charge on any atom is -0.354 e. The maximum atomic E-state index is 13.4. The van der Waals surface area contributed by atoms with Gasteiger partial charge in [-0.05, 0) is 12.8 Å². The molecule has 3 nitrogen and oxygen atoms in total. The number of piperidine rings is 1. The lowest BCUT2D eigenvalue weighted by Crippen LogP contribution is -2.35. The van der Waals surface area contributed by atoms with Crippen molar-refractivity contribution < 1.29 is 13.6 Å². The highest BCUT2D eigenvalue weighted by atomic mass is 19.1. The minimum absolute atomic E-state index is 0.0553. The van der Waals surface area contributed by atoms with Gasteiger partial charge in [-0.15, -0.1) is 0 Å². The summed E-state index contributed by atoms with van der Waals surface area (Å²) in [5, 5.41) is 0. The third kappa shape index (κ3) is 2.18. The summed E-state index contributed by atoms with van der Waals surface area (Å²) < 4.78 is 26.1. The normalized spacial score (nSPS) is 17.5. The summed E-state index contributed by atoms with van der Waals surface area (Å²) in [6, 6.07) is 0.828. The summed E-state index contributed by atoms with van der Waals surface area (Å²) in [5.41, 5.74) is 0. The first kappa shape index (κ1) is 11.0. The Hall–Kier alpha value is -1.52. The molecule has 0 radical (unpaired) electrons. The topological polar surface area (TPSA) is 33.2 Å². The van der Waals surface area contributed by atoms with Crippen LogP contribution in [0.2, 0.25) is 0 Å². The van der Waals surface area contributed by atoms with E-state index in [0.29, 0.717) is 25.9 Å². The number of aldehydes is 1. The van der Waals surface area contributed by atoms with E-state index in [1.165, 1.54) is 0 Å². The quantitative estimate of drug-likeness (QED) is 0.721. The van der Waals surface area contributed by atoms with Crippen molar-refractivity contribution in [3.8, 4) is 0 Å². The predicted octanol–water partition coefficient (Wildman–Crippen LogP) is 1.78. The molecule has 0 unspecified atom stereocenters. The summed E-state index contributed by atoms with van der Waals surface area (Å²) in [6.07, 6.45) is 3.33. The first-order chi connectivity index (χ1) is 7.70. The molecule has 0 atom stereocenters. The second-order valence-electron chi connectivity index (χ2n) is 3.92. The minimum atomic E-state index is -0.677. The number of rotatable bonds is 2. The average Bonchev–Trinajstić information content (AvgIpc) is 2.29. The second kappa shape index (κ2) is 4.55. The molecule has 1 aliphatic rings. The van der Waals surface area contributed by atoms with Crippen molar-refractivity contribution in [1.29, 1.82) is 0 Å². The highest BCUT2D eigenvalue weighted by molar-refractivity contribution is 5.54. The molecular weight excluding hydrogens is 214 g/mol. The van der Waals surface area contributed by atoms with Gasteiger partial charge < -0.3 is 9.69 Å². The SMILES string of the molecule is O=CC1CCN(c2ncc(F)cc2F)CC1. The summed E-state index contributed by atoms with van der Waals surface area (Å²) in [7, 11) is 0. The van der Waals surface area contributed by atoms with Gasteiger partial charge in [0, 0.05) is 25.1 Å². The molecule has 0 N–H and O–H groups in total. The number of hydrogen-bond acceptors (Lipinski definition) is 3. The van der Waals surface area contributed by atoms with E-state index in [2.05, 4.69) is 4.98 Å². The van der Waals surface area contributed by atoms with E-state index in [1.54, 1.807) is 4.90 Å². The molecule has 0 bridgehead atoms. The molecule has 0 aliphatic carbocycles. The van der Waals surface area contributed by atoms with Crippen molar-refractivity contribution >= 4 is 12.1 Å². The van der Waals surface area contributed by atoms with E-state index in [4.69, 9.17) is 0 Å². The number of carbonyl (C=O) groups excluding carboxylic acids is 1. The Labute approximate surface area is 92.1 Å². The molecule has 1 aliphatic heterocycles. The Bertz CT molecular complexity index is 390. The van der Waals surface area contributed by atoms with Gasteiger partial charge in [-0.25, -0.2) is 13.8 Å². The van der Waals surface area contributed by atoms with E-state index in [1.807, 2.05) is 0 Å². The third-order valence-corrected chi connectivity index (χ3v) is 2.82. The van der Waals surface area contributed by atoms with Crippen molar-refractivity contribution in [2.45, 2.75) is 12.8 Å². The first-order valence-corrected chi connectivity index (χ1v) is 5.22. The number of carbonyl (C=O) groups is 1. The first-order valence-electron chi connectivity index (χ1n) is 5.22. The fraction of sp³-hybridized carbons (Fsp3) is 0.455. The number of pyridine rings is 1. The van der Waals surface area contributed by atoms with Crippen LogP contribution in [0, 0.1) is 17.6 Å². The Balaban J connectivity index is 2.11. The molecule has 86 valence electrons. The summed E-state index contributed by atoms with van der Waals surface area (Å²) in [6.45, 7) is 1.16. The predicted molar refractivity (Wildman–Crippen MR) is 55.2 cm³/mol. The van der Waals surface area contributed by atoms with Gasteiger partial charge in [-0.2, -0.15) is 0 Å². The zero-order valence-corrected chi connectivity index (χ0v) is 8.70. The van der Waals surface area contributed by atoms with Crippen LogP contribution in [0.1, 0.15) is 12.8 Å². The summed E-state index contributed by atoms with van der Waals surface area (Å²) in [4.78, 5) is 16.0. The second-order valence-corrected chi connectivity index (χ2v) is 3.92. The van der Waals surface area contributed by atoms with Gasteiger partial charge in [-0.1, -0.05) is 0 Å². The number of aromatic nitrogens is 1. The van der Waals surface area contributed by atoms with Crippen LogP contribution in [0.5, 0.6) is 0 Å². The van der Waals surface area contributed by atoms with Gasteiger partial charge in [0.2, 0.25) is 0 Å². The van der Waals surface area contributed by atoms with Crippen LogP contribution in [0.3, 0.4) is 0 Å². The molecule has 1 saturated heterocycles. The van der Waals surface area contributed by atoms with Crippen LogP contribution in [0.15, 0.2) is 12.3 Å². The maximum Gasteiger partial charge on any atom is 0.168 e. The molecule has 2 rings (SSSR count). The van der Waals surface area contributed by atoms with Crippen molar-refractivity contribution in [3.63, 3.8) is 0 Å². The highest BCUT2D eigenvalue weighted by Gasteiger charge is 2.21. The molecule has 1 aromatic rings. The number of hydrogen-bond donors (Lipinski definition) is 0. The van der Waals surface area contributed by atoms with Crippen molar-refractivity contribution in [2.75, 3.05) is 18.0 Å². The number of anilines is 1. The standard InChI is InChI=1S/C11H12F2N2O/c12-9-5-10(13)11(14-6-9)15-3-1-8(7-16)2-4-15/h5-8H,1-4H2. The Morgan fingerprint density at radius 3 is 2.62 bits per heavy atom.